The van der Waals surface area contributed by atoms with E-state index in [0.29, 0.717) is 12.5 Å². The number of benzene rings is 2. The number of fused-ring (bicyclic) bond motifs is 1. The minimum absolute atomic E-state index is 0.109. The summed E-state index contributed by atoms with van der Waals surface area (Å²) in [6, 6.07) is 14.6. The van der Waals surface area contributed by atoms with Crippen LogP contribution in [0.15, 0.2) is 42.5 Å². The van der Waals surface area contributed by atoms with Crippen molar-refractivity contribution in [3.8, 4) is 5.75 Å². The van der Waals surface area contributed by atoms with E-state index in [1.165, 1.54) is 24.6 Å². The molecule has 0 heterocycles. The van der Waals surface area contributed by atoms with Crippen molar-refractivity contribution in [2.75, 3.05) is 7.05 Å². The van der Waals surface area contributed by atoms with Crippen molar-refractivity contribution in [1.82, 2.24) is 4.90 Å². The van der Waals surface area contributed by atoms with Gasteiger partial charge >= 0.3 is 0 Å². The Balaban J connectivity index is 1.71. The van der Waals surface area contributed by atoms with Gasteiger partial charge in [0.05, 0.1) is 0 Å². The van der Waals surface area contributed by atoms with E-state index >= 15 is 0 Å². The standard InChI is InChI=1S/C21H27NO2/c1-3-20(21(23)22(2)18-11-5-4-6-12-18)24-19-14-13-16-9-7-8-10-17(16)15-19/h7-10,13-15,18,20H,3-6,11-12H2,1-2H3. The van der Waals surface area contributed by atoms with E-state index in [0.717, 1.165) is 24.0 Å². The minimum atomic E-state index is -0.405. The molecule has 0 N–H and O–H groups in total. The number of nitrogens with zero attached hydrogens (tertiary/aromatic N) is 1. The molecule has 1 saturated carbocycles. The normalized spacial score (nSPS) is 16.8. The Labute approximate surface area is 144 Å². The summed E-state index contributed by atoms with van der Waals surface area (Å²) in [5.41, 5.74) is 0. The number of hydrogen-bond donors (Lipinski definition) is 0. The molecule has 0 aliphatic heterocycles. The van der Waals surface area contributed by atoms with Crippen LogP contribution in [0.25, 0.3) is 10.8 Å². The number of amides is 1. The van der Waals surface area contributed by atoms with E-state index in [4.69, 9.17) is 4.74 Å². The third-order valence-electron chi connectivity index (χ3n) is 5.12. The first-order valence-electron chi connectivity index (χ1n) is 9.11. The summed E-state index contributed by atoms with van der Waals surface area (Å²) < 4.78 is 6.05. The Kier molecular flexibility index (Phi) is 5.39. The molecule has 3 rings (SSSR count). The lowest BCUT2D eigenvalue weighted by Gasteiger charge is -2.33. The molecule has 0 saturated heterocycles. The molecule has 1 fully saturated rings. The summed E-state index contributed by atoms with van der Waals surface area (Å²) in [5, 5.41) is 2.32. The van der Waals surface area contributed by atoms with Crippen molar-refractivity contribution < 1.29 is 9.53 Å². The van der Waals surface area contributed by atoms with E-state index in [9.17, 15) is 4.79 Å². The second kappa shape index (κ2) is 7.69. The van der Waals surface area contributed by atoms with E-state index in [-0.39, 0.29) is 5.91 Å². The molecule has 1 aliphatic carbocycles. The first-order valence-corrected chi connectivity index (χ1v) is 9.11. The van der Waals surface area contributed by atoms with Crippen LogP contribution >= 0.6 is 0 Å². The summed E-state index contributed by atoms with van der Waals surface area (Å²) in [6.07, 6.45) is 6.27. The quantitative estimate of drug-likeness (QED) is 0.791. The highest BCUT2D eigenvalue weighted by Crippen LogP contribution is 2.25. The highest BCUT2D eigenvalue weighted by atomic mass is 16.5. The highest BCUT2D eigenvalue weighted by molar-refractivity contribution is 5.84. The van der Waals surface area contributed by atoms with Gasteiger partial charge in [-0.1, -0.05) is 56.5 Å². The highest BCUT2D eigenvalue weighted by Gasteiger charge is 2.28. The van der Waals surface area contributed by atoms with Crippen molar-refractivity contribution >= 4 is 16.7 Å². The first kappa shape index (κ1) is 16.8. The fraction of sp³-hybridized carbons (Fsp3) is 0.476. The number of ether oxygens (including phenoxy) is 1. The molecule has 0 aromatic heterocycles. The van der Waals surface area contributed by atoms with Gasteiger partial charge in [-0.2, -0.15) is 0 Å². The summed E-state index contributed by atoms with van der Waals surface area (Å²) in [4.78, 5) is 14.8. The lowest BCUT2D eigenvalue weighted by atomic mass is 9.94. The van der Waals surface area contributed by atoms with Gasteiger partial charge in [0, 0.05) is 13.1 Å². The number of likely N-dealkylation sites (N-methyl/N-ethyl adjacent to an activating group) is 1. The molecule has 24 heavy (non-hydrogen) atoms. The van der Waals surface area contributed by atoms with Gasteiger partial charge in [-0.05, 0) is 42.2 Å². The van der Waals surface area contributed by atoms with E-state index in [1.54, 1.807) is 0 Å². The lowest BCUT2D eigenvalue weighted by molar-refractivity contribution is -0.140. The molecule has 0 bridgehead atoms. The SMILES string of the molecule is CCC(Oc1ccc2ccccc2c1)C(=O)N(C)C1CCCCC1. The van der Waals surface area contributed by atoms with Gasteiger partial charge in [-0.3, -0.25) is 4.79 Å². The molecule has 0 spiro atoms. The molecule has 2 aromatic rings. The summed E-state index contributed by atoms with van der Waals surface area (Å²) in [6.45, 7) is 2.01. The lowest BCUT2D eigenvalue weighted by Crippen LogP contribution is -2.45. The molecular weight excluding hydrogens is 298 g/mol. The smallest absolute Gasteiger partial charge is 0.263 e. The second-order valence-electron chi connectivity index (χ2n) is 6.76. The van der Waals surface area contributed by atoms with E-state index < -0.39 is 6.10 Å². The Morgan fingerprint density at radius 3 is 2.54 bits per heavy atom. The van der Waals surface area contributed by atoms with Crippen LogP contribution in [0.5, 0.6) is 5.75 Å². The number of rotatable bonds is 5. The Morgan fingerprint density at radius 1 is 1.12 bits per heavy atom. The second-order valence-corrected chi connectivity index (χ2v) is 6.76. The van der Waals surface area contributed by atoms with Crippen molar-refractivity contribution in [3.63, 3.8) is 0 Å². The van der Waals surface area contributed by atoms with Crippen molar-refractivity contribution in [2.45, 2.75) is 57.6 Å². The van der Waals surface area contributed by atoms with Gasteiger partial charge in [0.1, 0.15) is 5.75 Å². The molecule has 3 nitrogen and oxygen atoms in total. The van der Waals surface area contributed by atoms with Gasteiger partial charge in [0.2, 0.25) is 0 Å². The maximum absolute atomic E-state index is 12.8. The average Bonchev–Trinajstić information content (AvgIpc) is 2.65. The molecule has 1 amide bonds. The van der Waals surface area contributed by atoms with Gasteiger partial charge < -0.3 is 9.64 Å². The summed E-state index contributed by atoms with van der Waals surface area (Å²) >= 11 is 0. The van der Waals surface area contributed by atoms with Crippen LogP contribution in [0.3, 0.4) is 0 Å². The van der Waals surface area contributed by atoms with E-state index in [1.807, 2.05) is 49.2 Å². The molecule has 1 unspecified atom stereocenters. The van der Waals surface area contributed by atoms with Gasteiger partial charge in [0.25, 0.3) is 5.91 Å². The predicted octanol–water partition coefficient (Wildman–Crippen LogP) is 4.79. The number of carbonyl (C=O) groups is 1. The Morgan fingerprint density at radius 2 is 1.83 bits per heavy atom. The predicted molar refractivity (Wildman–Crippen MR) is 98.3 cm³/mol. The maximum Gasteiger partial charge on any atom is 0.263 e. The van der Waals surface area contributed by atoms with Crippen LogP contribution < -0.4 is 4.74 Å². The van der Waals surface area contributed by atoms with Crippen LogP contribution in [0, 0.1) is 0 Å². The van der Waals surface area contributed by atoms with Crippen LogP contribution in [0.2, 0.25) is 0 Å². The van der Waals surface area contributed by atoms with Gasteiger partial charge in [-0.25, -0.2) is 0 Å². The van der Waals surface area contributed by atoms with Gasteiger partial charge in [-0.15, -0.1) is 0 Å². The number of carbonyl (C=O) groups excluding carboxylic acids is 1. The molecule has 0 radical (unpaired) electrons. The summed E-state index contributed by atoms with van der Waals surface area (Å²) in [7, 11) is 1.94. The van der Waals surface area contributed by atoms with Crippen molar-refractivity contribution in [1.29, 1.82) is 0 Å². The monoisotopic (exact) mass is 325 g/mol. The molecular formula is C21H27NO2. The van der Waals surface area contributed by atoms with Crippen LogP contribution in [-0.4, -0.2) is 30.0 Å². The third kappa shape index (κ3) is 3.72. The van der Waals surface area contributed by atoms with Crippen LogP contribution in [-0.2, 0) is 4.79 Å². The van der Waals surface area contributed by atoms with Crippen LogP contribution in [0.1, 0.15) is 45.4 Å². The fourth-order valence-corrected chi connectivity index (χ4v) is 3.59. The van der Waals surface area contributed by atoms with Gasteiger partial charge in [0.15, 0.2) is 6.10 Å². The topological polar surface area (TPSA) is 29.5 Å². The maximum atomic E-state index is 12.8. The first-order chi connectivity index (χ1) is 11.7. The largest absolute Gasteiger partial charge is 0.481 e. The molecule has 3 heteroatoms. The minimum Gasteiger partial charge on any atom is -0.481 e. The molecule has 128 valence electrons. The Bertz CT molecular complexity index is 691. The zero-order valence-electron chi connectivity index (χ0n) is 14.7. The average molecular weight is 325 g/mol. The van der Waals surface area contributed by atoms with Crippen molar-refractivity contribution in [3.05, 3.63) is 42.5 Å². The molecule has 1 atom stereocenters. The molecule has 2 aromatic carbocycles. The van der Waals surface area contributed by atoms with Crippen molar-refractivity contribution in [2.24, 2.45) is 0 Å². The number of hydrogen-bond acceptors (Lipinski definition) is 2. The van der Waals surface area contributed by atoms with E-state index in [2.05, 4.69) is 12.1 Å². The molecule has 1 aliphatic rings. The zero-order chi connectivity index (χ0) is 16.9. The third-order valence-corrected chi connectivity index (χ3v) is 5.12. The Hall–Kier alpha value is -2.03. The zero-order valence-corrected chi connectivity index (χ0v) is 14.7. The summed E-state index contributed by atoms with van der Waals surface area (Å²) in [5.74, 6) is 0.878. The van der Waals surface area contributed by atoms with Crippen LogP contribution in [0.4, 0.5) is 0 Å². The fourth-order valence-electron chi connectivity index (χ4n) is 3.59.